The Kier molecular flexibility index (Phi) is 5.76. The molecule has 0 aromatic heterocycles. The normalized spacial score (nSPS) is 12.0. The number of para-hydroxylation sites is 1. The number of hydrogen-bond donors (Lipinski definition) is 2. The molecule has 4 heteroatoms. The van der Waals surface area contributed by atoms with Gasteiger partial charge in [-0.05, 0) is 44.7 Å². The van der Waals surface area contributed by atoms with Crippen LogP contribution in [0.3, 0.4) is 0 Å². The highest BCUT2D eigenvalue weighted by Gasteiger charge is 2.17. The zero-order chi connectivity index (χ0) is 16.9. The van der Waals surface area contributed by atoms with E-state index < -0.39 is 0 Å². The highest BCUT2D eigenvalue weighted by Crippen LogP contribution is 2.27. The molecule has 0 aliphatic heterocycles. The van der Waals surface area contributed by atoms with Gasteiger partial charge in [-0.25, -0.2) is 0 Å². The van der Waals surface area contributed by atoms with Crippen molar-refractivity contribution in [3.8, 4) is 6.07 Å². The summed E-state index contributed by atoms with van der Waals surface area (Å²) in [5, 5.41) is 15.1. The van der Waals surface area contributed by atoms with Crippen LogP contribution in [0.5, 0.6) is 0 Å². The van der Waals surface area contributed by atoms with Crippen molar-refractivity contribution in [2.24, 2.45) is 0 Å². The molecule has 4 nitrogen and oxygen atoms in total. The van der Waals surface area contributed by atoms with Gasteiger partial charge in [0.25, 0.3) is 5.91 Å². The second-order valence-corrected chi connectivity index (χ2v) is 6.71. The van der Waals surface area contributed by atoms with Crippen molar-refractivity contribution in [3.63, 3.8) is 0 Å². The second-order valence-electron chi connectivity index (χ2n) is 6.71. The lowest BCUT2D eigenvalue weighted by atomic mass is 9.98. The standard InChI is InChI=1S/C18H25N3O/c1-12(2)15-9-7-8-13(3)16(15)20-11-14(10-19)17(22)21-18(4,5)6/h7-9,11-12,20H,1-6H3,(H,21,22)/b14-11-. The first-order valence-corrected chi connectivity index (χ1v) is 7.44. The number of aryl methyl sites for hydroxylation is 1. The topological polar surface area (TPSA) is 64.9 Å². The lowest BCUT2D eigenvalue weighted by Crippen LogP contribution is -2.41. The van der Waals surface area contributed by atoms with Crippen LogP contribution in [0, 0.1) is 18.3 Å². The highest BCUT2D eigenvalue weighted by atomic mass is 16.1. The molecular weight excluding hydrogens is 274 g/mol. The smallest absolute Gasteiger partial charge is 0.263 e. The minimum absolute atomic E-state index is 0.0629. The number of anilines is 1. The van der Waals surface area contributed by atoms with Crippen molar-refractivity contribution in [1.29, 1.82) is 5.26 Å². The van der Waals surface area contributed by atoms with Crippen molar-refractivity contribution in [1.82, 2.24) is 5.32 Å². The zero-order valence-corrected chi connectivity index (χ0v) is 14.2. The predicted octanol–water partition coefficient (Wildman–Crippen LogP) is 3.85. The van der Waals surface area contributed by atoms with Crippen LogP contribution in [-0.2, 0) is 4.79 Å². The molecule has 1 aromatic rings. The molecule has 0 unspecified atom stereocenters. The van der Waals surface area contributed by atoms with Gasteiger partial charge >= 0.3 is 0 Å². The minimum Gasteiger partial charge on any atom is -0.360 e. The average molecular weight is 299 g/mol. The van der Waals surface area contributed by atoms with Gasteiger partial charge in [0, 0.05) is 17.4 Å². The van der Waals surface area contributed by atoms with Crippen LogP contribution >= 0.6 is 0 Å². The Morgan fingerprint density at radius 1 is 1.32 bits per heavy atom. The molecule has 0 bridgehead atoms. The van der Waals surface area contributed by atoms with Crippen molar-refractivity contribution in [3.05, 3.63) is 41.1 Å². The molecule has 0 fully saturated rings. The number of benzene rings is 1. The van der Waals surface area contributed by atoms with Crippen LogP contribution in [0.15, 0.2) is 30.0 Å². The molecule has 0 saturated heterocycles. The van der Waals surface area contributed by atoms with Crippen molar-refractivity contribution in [2.45, 2.75) is 53.0 Å². The fraction of sp³-hybridized carbons (Fsp3) is 0.444. The maximum Gasteiger partial charge on any atom is 0.263 e. The first-order chi connectivity index (χ1) is 10.2. The molecule has 0 aliphatic carbocycles. The first-order valence-electron chi connectivity index (χ1n) is 7.44. The predicted molar refractivity (Wildman–Crippen MR) is 90.5 cm³/mol. The minimum atomic E-state index is -0.376. The van der Waals surface area contributed by atoms with Gasteiger partial charge in [0.15, 0.2) is 0 Å². The van der Waals surface area contributed by atoms with Gasteiger partial charge in [0.2, 0.25) is 0 Å². The number of nitriles is 1. The fourth-order valence-electron chi connectivity index (χ4n) is 2.07. The third-order valence-electron chi connectivity index (χ3n) is 3.14. The molecule has 22 heavy (non-hydrogen) atoms. The molecule has 0 aliphatic rings. The van der Waals surface area contributed by atoms with E-state index >= 15 is 0 Å². The Hall–Kier alpha value is -2.28. The number of rotatable bonds is 4. The molecule has 0 radical (unpaired) electrons. The summed E-state index contributed by atoms with van der Waals surface area (Å²) in [7, 11) is 0. The maximum atomic E-state index is 12.1. The van der Waals surface area contributed by atoms with Crippen LogP contribution < -0.4 is 10.6 Å². The molecule has 2 N–H and O–H groups in total. The summed E-state index contributed by atoms with van der Waals surface area (Å²) >= 11 is 0. The monoisotopic (exact) mass is 299 g/mol. The van der Waals surface area contributed by atoms with Crippen molar-refractivity contribution in [2.75, 3.05) is 5.32 Å². The van der Waals surface area contributed by atoms with Crippen LogP contribution in [-0.4, -0.2) is 11.4 Å². The molecule has 0 atom stereocenters. The van der Waals surface area contributed by atoms with E-state index in [2.05, 4.69) is 30.5 Å². The van der Waals surface area contributed by atoms with E-state index in [1.807, 2.05) is 45.9 Å². The lowest BCUT2D eigenvalue weighted by Gasteiger charge is -2.20. The maximum absolute atomic E-state index is 12.1. The number of hydrogen-bond acceptors (Lipinski definition) is 3. The Morgan fingerprint density at radius 2 is 1.95 bits per heavy atom. The van der Waals surface area contributed by atoms with E-state index in [1.165, 1.54) is 6.20 Å². The van der Waals surface area contributed by atoms with Crippen LogP contribution in [0.2, 0.25) is 0 Å². The SMILES string of the molecule is Cc1cccc(C(C)C)c1N/C=C(/C#N)C(=O)NC(C)(C)C. The number of carbonyl (C=O) groups excluding carboxylic acids is 1. The Labute approximate surface area is 133 Å². The van der Waals surface area contributed by atoms with E-state index in [0.717, 1.165) is 16.8 Å². The van der Waals surface area contributed by atoms with Gasteiger partial charge in [-0.1, -0.05) is 32.0 Å². The van der Waals surface area contributed by atoms with Gasteiger partial charge in [-0.2, -0.15) is 5.26 Å². The molecule has 0 heterocycles. The van der Waals surface area contributed by atoms with E-state index in [9.17, 15) is 10.1 Å². The van der Waals surface area contributed by atoms with Crippen molar-refractivity contribution >= 4 is 11.6 Å². The Morgan fingerprint density at radius 3 is 2.45 bits per heavy atom. The van der Waals surface area contributed by atoms with Crippen LogP contribution in [0.1, 0.15) is 51.7 Å². The lowest BCUT2D eigenvalue weighted by molar-refractivity contribution is -0.118. The van der Waals surface area contributed by atoms with Gasteiger partial charge < -0.3 is 10.6 Å². The van der Waals surface area contributed by atoms with Crippen molar-refractivity contribution < 1.29 is 4.79 Å². The van der Waals surface area contributed by atoms with Crippen LogP contribution in [0.4, 0.5) is 5.69 Å². The Balaban J connectivity index is 3.04. The summed E-state index contributed by atoms with van der Waals surface area (Å²) in [4.78, 5) is 12.1. The summed E-state index contributed by atoms with van der Waals surface area (Å²) in [6, 6.07) is 8.01. The first kappa shape index (κ1) is 17.8. The average Bonchev–Trinajstić information content (AvgIpc) is 2.38. The number of nitrogens with one attached hydrogen (secondary N) is 2. The number of nitrogens with zero attached hydrogens (tertiary/aromatic N) is 1. The van der Waals surface area contributed by atoms with E-state index in [0.29, 0.717) is 5.92 Å². The third kappa shape index (κ3) is 4.92. The van der Waals surface area contributed by atoms with Gasteiger partial charge in [-0.15, -0.1) is 0 Å². The highest BCUT2D eigenvalue weighted by molar-refractivity contribution is 5.98. The zero-order valence-electron chi connectivity index (χ0n) is 14.2. The van der Waals surface area contributed by atoms with Gasteiger partial charge in [0.05, 0.1) is 0 Å². The van der Waals surface area contributed by atoms with E-state index in [1.54, 1.807) is 0 Å². The largest absolute Gasteiger partial charge is 0.360 e. The summed E-state index contributed by atoms with van der Waals surface area (Å²) < 4.78 is 0. The van der Waals surface area contributed by atoms with Gasteiger partial charge in [0.1, 0.15) is 11.6 Å². The molecule has 118 valence electrons. The quantitative estimate of drug-likeness (QED) is 0.655. The molecule has 0 spiro atoms. The number of carbonyl (C=O) groups is 1. The van der Waals surface area contributed by atoms with E-state index in [-0.39, 0.29) is 17.0 Å². The van der Waals surface area contributed by atoms with Gasteiger partial charge in [-0.3, -0.25) is 4.79 Å². The molecular formula is C18H25N3O. The summed E-state index contributed by atoms with van der Waals surface area (Å²) in [6.45, 7) is 11.9. The van der Waals surface area contributed by atoms with Crippen LogP contribution in [0.25, 0.3) is 0 Å². The molecule has 1 rings (SSSR count). The molecule has 1 aromatic carbocycles. The summed E-state index contributed by atoms with van der Waals surface area (Å²) in [5.41, 5.74) is 2.88. The van der Waals surface area contributed by atoms with E-state index in [4.69, 9.17) is 0 Å². The summed E-state index contributed by atoms with van der Waals surface area (Å²) in [6.07, 6.45) is 1.48. The number of amides is 1. The third-order valence-corrected chi connectivity index (χ3v) is 3.14. The molecule has 1 amide bonds. The second kappa shape index (κ2) is 7.13. The molecule has 0 saturated carbocycles. The fourth-order valence-corrected chi connectivity index (χ4v) is 2.07. The Bertz CT molecular complexity index is 616. The summed E-state index contributed by atoms with van der Waals surface area (Å²) in [5.74, 6) is -0.0214.